The Kier molecular flexibility index (Phi) is 4.78. The Morgan fingerprint density at radius 3 is 2.92 bits per heavy atom. The molecular weight excluding hydrogens is 326 g/mol. The predicted octanol–water partition coefficient (Wildman–Crippen LogP) is 3.84. The summed E-state index contributed by atoms with van der Waals surface area (Å²) in [7, 11) is 3.31. The fourth-order valence-electron chi connectivity index (χ4n) is 2.56. The first-order chi connectivity index (χ1) is 11.6. The summed E-state index contributed by atoms with van der Waals surface area (Å²) in [6, 6.07) is 6.79. The lowest BCUT2D eigenvalue weighted by atomic mass is 10.0. The maximum Gasteiger partial charge on any atom is 0.335 e. The highest BCUT2D eigenvalue weighted by Crippen LogP contribution is 2.32. The zero-order valence-corrected chi connectivity index (χ0v) is 14.2. The van der Waals surface area contributed by atoms with Gasteiger partial charge in [0.25, 0.3) is 0 Å². The molecule has 6 heteroatoms. The molecule has 0 amide bonds. The van der Waals surface area contributed by atoms with Crippen LogP contribution in [-0.2, 0) is 9.47 Å². The third-order valence-corrected chi connectivity index (χ3v) is 4.74. The van der Waals surface area contributed by atoms with Gasteiger partial charge in [0, 0.05) is 30.0 Å². The van der Waals surface area contributed by atoms with Crippen molar-refractivity contribution in [2.75, 3.05) is 14.2 Å². The maximum atomic E-state index is 11.1. The van der Waals surface area contributed by atoms with E-state index < -0.39 is 5.97 Å². The van der Waals surface area contributed by atoms with Gasteiger partial charge < -0.3 is 14.6 Å². The molecule has 1 heterocycles. The van der Waals surface area contributed by atoms with Crippen molar-refractivity contribution < 1.29 is 19.4 Å². The molecule has 3 rings (SSSR count). The predicted molar refractivity (Wildman–Crippen MR) is 93.0 cm³/mol. The first-order valence-corrected chi connectivity index (χ1v) is 8.28. The SMILES string of the molecule is COC1=C(c2csc(-c3cccc(C(=O)O)c3)n2)C=CC(OC)C1. The average molecular weight is 343 g/mol. The van der Waals surface area contributed by atoms with E-state index in [1.54, 1.807) is 32.4 Å². The molecule has 124 valence electrons. The number of carboxylic acid groups (broad SMARTS) is 1. The number of rotatable bonds is 5. The number of hydrogen-bond donors (Lipinski definition) is 1. The highest BCUT2D eigenvalue weighted by Gasteiger charge is 2.20. The van der Waals surface area contributed by atoms with Crippen molar-refractivity contribution in [3.8, 4) is 10.6 Å². The monoisotopic (exact) mass is 343 g/mol. The lowest BCUT2D eigenvalue weighted by Gasteiger charge is -2.19. The van der Waals surface area contributed by atoms with Gasteiger partial charge in [0.05, 0.1) is 24.5 Å². The lowest BCUT2D eigenvalue weighted by molar-refractivity contribution is 0.0697. The molecule has 0 spiro atoms. The van der Waals surface area contributed by atoms with E-state index in [-0.39, 0.29) is 11.7 Å². The third-order valence-electron chi connectivity index (χ3n) is 3.85. The van der Waals surface area contributed by atoms with Gasteiger partial charge in [-0.1, -0.05) is 24.3 Å². The molecule has 0 saturated carbocycles. The molecule has 1 aromatic carbocycles. The highest BCUT2D eigenvalue weighted by atomic mass is 32.1. The Bertz CT molecular complexity index is 822. The molecule has 24 heavy (non-hydrogen) atoms. The van der Waals surface area contributed by atoms with Crippen LogP contribution in [-0.4, -0.2) is 36.4 Å². The Morgan fingerprint density at radius 2 is 2.21 bits per heavy atom. The summed E-state index contributed by atoms with van der Waals surface area (Å²) in [5, 5.41) is 11.8. The molecule has 1 aliphatic rings. The average Bonchev–Trinajstić information content (AvgIpc) is 3.11. The van der Waals surface area contributed by atoms with E-state index in [0.717, 1.165) is 27.6 Å². The Balaban J connectivity index is 1.94. The standard InChI is InChI=1S/C18H17NO4S/c1-22-13-6-7-14(16(9-13)23-2)15-10-24-17(19-15)11-4-3-5-12(8-11)18(20)21/h3-8,10,13H,9H2,1-2H3,(H,20,21). The molecule has 5 nitrogen and oxygen atoms in total. The lowest BCUT2D eigenvalue weighted by Crippen LogP contribution is -2.13. The topological polar surface area (TPSA) is 68.7 Å². The van der Waals surface area contributed by atoms with E-state index in [0.29, 0.717) is 6.42 Å². The Morgan fingerprint density at radius 1 is 1.38 bits per heavy atom. The van der Waals surface area contributed by atoms with Gasteiger partial charge in [-0.15, -0.1) is 11.3 Å². The van der Waals surface area contributed by atoms with Crippen LogP contribution in [0.3, 0.4) is 0 Å². The zero-order chi connectivity index (χ0) is 17.1. The van der Waals surface area contributed by atoms with E-state index >= 15 is 0 Å². The van der Waals surface area contributed by atoms with Crippen molar-refractivity contribution in [1.82, 2.24) is 4.98 Å². The third kappa shape index (κ3) is 3.25. The molecule has 0 bridgehead atoms. The summed E-state index contributed by atoms with van der Waals surface area (Å²) in [5.41, 5.74) is 2.79. The second-order valence-corrected chi connectivity index (χ2v) is 6.16. The van der Waals surface area contributed by atoms with Crippen molar-refractivity contribution in [1.29, 1.82) is 0 Å². The van der Waals surface area contributed by atoms with Crippen LogP contribution in [0.2, 0.25) is 0 Å². The number of carboxylic acids is 1. The molecule has 2 aromatic rings. The number of methoxy groups -OCH3 is 2. The van der Waals surface area contributed by atoms with Crippen LogP contribution in [0.1, 0.15) is 22.5 Å². The van der Waals surface area contributed by atoms with E-state index in [1.165, 1.54) is 11.3 Å². The molecule has 1 atom stereocenters. The van der Waals surface area contributed by atoms with Crippen LogP contribution in [0.5, 0.6) is 0 Å². The number of benzene rings is 1. The minimum atomic E-state index is -0.946. The second-order valence-electron chi connectivity index (χ2n) is 5.30. The summed E-state index contributed by atoms with van der Waals surface area (Å²) < 4.78 is 10.8. The van der Waals surface area contributed by atoms with Crippen molar-refractivity contribution >= 4 is 22.9 Å². The van der Waals surface area contributed by atoms with Crippen LogP contribution >= 0.6 is 11.3 Å². The van der Waals surface area contributed by atoms with Gasteiger partial charge in [0.1, 0.15) is 10.8 Å². The van der Waals surface area contributed by atoms with Crippen LogP contribution in [0.15, 0.2) is 47.6 Å². The largest absolute Gasteiger partial charge is 0.500 e. The van der Waals surface area contributed by atoms with Gasteiger partial charge in [0.2, 0.25) is 0 Å². The first kappa shape index (κ1) is 16.4. The van der Waals surface area contributed by atoms with Gasteiger partial charge in [-0.2, -0.15) is 0 Å². The summed E-state index contributed by atoms with van der Waals surface area (Å²) in [5.74, 6) is -0.112. The molecule has 1 aromatic heterocycles. The van der Waals surface area contributed by atoms with E-state index in [2.05, 4.69) is 4.98 Å². The van der Waals surface area contributed by atoms with Crippen molar-refractivity contribution in [2.24, 2.45) is 0 Å². The second kappa shape index (κ2) is 6.98. The van der Waals surface area contributed by atoms with E-state index in [1.807, 2.05) is 23.6 Å². The number of aromatic carboxylic acids is 1. The number of hydrogen-bond acceptors (Lipinski definition) is 5. The number of nitrogens with zero attached hydrogens (tertiary/aromatic N) is 1. The van der Waals surface area contributed by atoms with E-state index in [4.69, 9.17) is 14.6 Å². The molecule has 0 aliphatic heterocycles. The minimum absolute atomic E-state index is 0.00838. The molecule has 1 aliphatic carbocycles. The summed E-state index contributed by atoms with van der Waals surface area (Å²) in [4.78, 5) is 15.8. The van der Waals surface area contributed by atoms with Crippen molar-refractivity contribution in [3.63, 3.8) is 0 Å². The fourth-order valence-corrected chi connectivity index (χ4v) is 3.37. The molecule has 0 fully saturated rings. The Hall–Kier alpha value is -2.44. The van der Waals surface area contributed by atoms with Gasteiger partial charge >= 0.3 is 5.97 Å². The van der Waals surface area contributed by atoms with Crippen molar-refractivity contribution in [2.45, 2.75) is 12.5 Å². The van der Waals surface area contributed by atoms with Gasteiger partial charge in [-0.25, -0.2) is 9.78 Å². The quantitative estimate of drug-likeness (QED) is 0.893. The van der Waals surface area contributed by atoms with Crippen LogP contribution in [0, 0.1) is 0 Å². The zero-order valence-electron chi connectivity index (χ0n) is 13.4. The summed E-state index contributed by atoms with van der Waals surface area (Å²) >= 11 is 1.48. The van der Waals surface area contributed by atoms with Gasteiger partial charge in [-0.05, 0) is 12.1 Å². The van der Waals surface area contributed by atoms with Crippen LogP contribution < -0.4 is 0 Å². The van der Waals surface area contributed by atoms with Gasteiger partial charge in [0.15, 0.2) is 0 Å². The number of allylic oxidation sites excluding steroid dienone is 2. The first-order valence-electron chi connectivity index (χ1n) is 7.40. The number of carbonyl (C=O) groups is 1. The minimum Gasteiger partial charge on any atom is -0.500 e. The smallest absolute Gasteiger partial charge is 0.335 e. The highest BCUT2D eigenvalue weighted by molar-refractivity contribution is 7.13. The molecule has 0 radical (unpaired) electrons. The number of thiazole rings is 1. The molecule has 1 N–H and O–H groups in total. The fraction of sp³-hybridized carbons (Fsp3) is 0.222. The number of ether oxygens (including phenoxy) is 2. The van der Waals surface area contributed by atoms with Gasteiger partial charge in [-0.3, -0.25) is 0 Å². The molecule has 0 saturated heterocycles. The Labute approximate surface area is 143 Å². The van der Waals surface area contributed by atoms with E-state index in [9.17, 15) is 4.79 Å². The summed E-state index contributed by atoms with van der Waals surface area (Å²) in [6.07, 6.45) is 4.62. The van der Waals surface area contributed by atoms with Crippen molar-refractivity contribution in [3.05, 3.63) is 58.8 Å². The summed E-state index contributed by atoms with van der Waals surface area (Å²) in [6.45, 7) is 0. The maximum absolute atomic E-state index is 11.1. The normalized spacial score (nSPS) is 17.2. The molecular formula is C18H17NO4S. The number of aromatic nitrogens is 1. The van der Waals surface area contributed by atoms with Crippen LogP contribution in [0.25, 0.3) is 16.1 Å². The van der Waals surface area contributed by atoms with Crippen LogP contribution in [0.4, 0.5) is 0 Å². The molecule has 1 unspecified atom stereocenters.